The van der Waals surface area contributed by atoms with E-state index in [9.17, 15) is 0 Å². The third kappa shape index (κ3) is 1.34. The fourth-order valence-corrected chi connectivity index (χ4v) is 4.66. The summed E-state index contributed by atoms with van der Waals surface area (Å²) in [6.07, 6.45) is 10.0. The normalized spacial score (nSPS) is 40.9. The van der Waals surface area contributed by atoms with Gasteiger partial charge in [-0.15, -0.1) is 6.58 Å². The van der Waals surface area contributed by atoms with Crippen LogP contribution in [0.15, 0.2) is 24.8 Å². The molecule has 1 fully saturated rings. The van der Waals surface area contributed by atoms with Gasteiger partial charge in [-0.3, -0.25) is 0 Å². The maximum absolute atomic E-state index is 3.80. The molecule has 2 aliphatic carbocycles. The molecule has 0 aromatic carbocycles. The molecule has 3 atom stereocenters. The molecule has 2 bridgehead atoms. The van der Waals surface area contributed by atoms with Crippen LogP contribution in [-0.4, -0.2) is 9.52 Å². The summed E-state index contributed by atoms with van der Waals surface area (Å²) < 4.78 is 0. The van der Waals surface area contributed by atoms with Crippen LogP contribution in [0.25, 0.3) is 0 Å². The van der Waals surface area contributed by atoms with Crippen LogP contribution < -0.4 is 0 Å². The standard InChI is InChI=1S/C10H16Si/c1-2-5-11-10-7-8-3-4-9(10)6-8/h2-4,8-10H,1,5-7,11H2. The molecule has 11 heavy (non-hydrogen) atoms. The van der Waals surface area contributed by atoms with Gasteiger partial charge in [0.2, 0.25) is 0 Å². The molecule has 0 nitrogen and oxygen atoms in total. The molecular formula is C10H16Si. The van der Waals surface area contributed by atoms with Crippen LogP contribution in [0.1, 0.15) is 12.8 Å². The monoisotopic (exact) mass is 164 g/mol. The molecule has 2 rings (SSSR count). The van der Waals surface area contributed by atoms with Crippen molar-refractivity contribution in [3.8, 4) is 0 Å². The van der Waals surface area contributed by atoms with E-state index in [-0.39, 0.29) is 9.52 Å². The zero-order chi connectivity index (χ0) is 7.68. The largest absolute Gasteiger partial charge is 0.103 e. The van der Waals surface area contributed by atoms with Gasteiger partial charge in [0.25, 0.3) is 0 Å². The van der Waals surface area contributed by atoms with E-state index in [0.29, 0.717) is 0 Å². The second-order valence-electron chi connectivity index (χ2n) is 3.91. The molecule has 0 heterocycles. The summed E-state index contributed by atoms with van der Waals surface area (Å²) in [5.74, 6) is 1.97. The summed E-state index contributed by atoms with van der Waals surface area (Å²) in [5, 5.41) is 0. The Hall–Kier alpha value is -0.303. The summed E-state index contributed by atoms with van der Waals surface area (Å²) in [5.41, 5.74) is 1.13. The van der Waals surface area contributed by atoms with E-state index in [1.54, 1.807) is 0 Å². The lowest BCUT2D eigenvalue weighted by Crippen LogP contribution is -2.07. The number of hydrogen-bond donors (Lipinski definition) is 0. The van der Waals surface area contributed by atoms with E-state index in [0.717, 1.165) is 17.4 Å². The molecule has 3 unspecified atom stereocenters. The van der Waals surface area contributed by atoms with Crippen molar-refractivity contribution in [2.45, 2.75) is 24.4 Å². The van der Waals surface area contributed by atoms with Crippen LogP contribution in [0.4, 0.5) is 0 Å². The predicted molar refractivity (Wildman–Crippen MR) is 52.7 cm³/mol. The van der Waals surface area contributed by atoms with Crippen LogP contribution >= 0.6 is 0 Å². The van der Waals surface area contributed by atoms with E-state index in [1.165, 1.54) is 18.9 Å². The predicted octanol–water partition coefficient (Wildman–Crippen LogP) is 2.14. The summed E-state index contributed by atoms with van der Waals surface area (Å²) >= 11 is 0. The fraction of sp³-hybridized carbons (Fsp3) is 0.600. The summed E-state index contributed by atoms with van der Waals surface area (Å²) in [7, 11) is 0.190. The number of hydrogen-bond acceptors (Lipinski definition) is 0. The molecule has 2 aliphatic rings. The van der Waals surface area contributed by atoms with Crippen molar-refractivity contribution in [3.63, 3.8) is 0 Å². The fourth-order valence-electron chi connectivity index (χ4n) is 2.56. The zero-order valence-corrected chi connectivity index (χ0v) is 8.41. The highest BCUT2D eigenvalue weighted by Crippen LogP contribution is 2.46. The summed E-state index contributed by atoms with van der Waals surface area (Å²) in [6, 6.07) is 1.35. The second-order valence-corrected chi connectivity index (χ2v) is 6.11. The lowest BCUT2D eigenvalue weighted by atomic mass is 10.1. The maximum atomic E-state index is 3.80. The van der Waals surface area contributed by atoms with Gasteiger partial charge in [-0.05, 0) is 36.3 Å². The molecule has 0 spiro atoms. The van der Waals surface area contributed by atoms with Crippen molar-refractivity contribution >= 4 is 9.52 Å². The quantitative estimate of drug-likeness (QED) is 0.443. The number of rotatable bonds is 3. The highest BCUT2D eigenvalue weighted by atomic mass is 28.2. The third-order valence-corrected chi connectivity index (χ3v) is 5.58. The SMILES string of the molecule is C=CC[SiH2]C1CC2C=CC1C2. The van der Waals surface area contributed by atoms with Gasteiger partial charge >= 0.3 is 0 Å². The lowest BCUT2D eigenvalue weighted by molar-refractivity contribution is 0.689. The molecule has 0 radical (unpaired) electrons. The van der Waals surface area contributed by atoms with Gasteiger partial charge in [0, 0.05) is 9.52 Å². The summed E-state index contributed by atoms with van der Waals surface area (Å²) in [4.78, 5) is 0. The minimum atomic E-state index is 0.190. The molecular weight excluding hydrogens is 148 g/mol. The van der Waals surface area contributed by atoms with Crippen LogP contribution in [0.3, 0.4) is 0 Å². The minimum absolute atomic E-state index is 0.190. The molecule has 0 aliphatic heterocycles. The van der Waals surface area contributed by atoms with Gasteiger partial charge in [-0.25, -0.2) is 0 Å². The molecule has 0 amide bonds. The van der Waals surface area contributed by atoms with E-state index >= 15 is 0 Å². The van der Waals surface area contributed by atoms with Gasteiger partial charge < -0.3 is 0 Å². The average Bonchev–Trinajstić information content (AvgIpc) is 2.60. The van der Waals surface area contributed by atoms with Crippen LogP contribution in [0.5, 0.6) is 0 Å². The highest BCUT2D eigenvalue weighted by molar-refractivity contribution is 6.38. The van der Waals surface area contributed by atoms with E-state index in [1.807, 2.05) is 0 Å². The molecule has 60 valence electrons. The minimum Gasteiger partial charge on any atom is -0.103 e. The zero-order valence-electron chi connectivity index (χ0n) is 7.00. The number of allylic oxidation sites excluding steroid dienone is 3. The number of fused-ring (bicyclic) bond motifs is 2. The Balaban J connectivity index is 1.88. The first-order valence-electron chi connectivity index (χ1n) is 4.69. The van der Waals surface area contributed by atoms with E-state index in [4.69, 9.17) is 0 Å². The van der Waals surface area contributed by atoms with Gasteiger partial charge in [0.1, 0.15) is 0 Å². The van der Waals surface area contributed by atoms with Gasteiger partial charge in [-0.1, -0.05) is 18.2 Å². The molecule has 0 saturated heterocycles. The Labute approximate surface area is 71.2 Å². The van der Waals surface area contributed by atoms with Crippen molar-refractivity contribution in [3.05, 3.63) is 24.8 Å². The molecule has 0 aromatic heterocycles. The topological polar surface area (TPSA) is 0 Å². The molecule has 1 saturated carbocycles. The van der Waals surface area contributed by atoms with E-state index < -0.39 is 0 Å². The van der Waals surface area contributed by atoms with Crippen LogP contribution in [0, 0.1) is 11.8 Å². The Morgan fingerprint density at radius 2 is 2.36 bits per heavy atom. The van der Waals surface area contributed by atoms with Gasteiger partial charge in [-0.2, -0.15) is 0 Å². The molecule has 1 heteroatoms. The highest BCUT2D eigenvalue weighted by Gasteiger charge is 2.34. The summed E-state index contributed by atoms with van der Waals surface area (Å²) in [6.45, 7) is 3.80. The molecule has 0 N–H and O–H groups in total. The van der Waals surface area contributed by atoms with Crippen LogP contribution in [-0.2, 0) is 0 Å². The Morgan fingerprint density at radius 3 is 2.91 bits per heavy atom. The van der Waals surface area contributed by atoms with Gasteiger partial charge in [0.05, 0.1) is 0 Å². The Morgan fingerprint density at radius 1 is 1.45 bits per heavy atom. The second kappa shape index (κ2) is 2.98. The van der Waals surface area contributed by atoms with E-state index in [2.05, 4.69) is 24.8 Å². The Kier molecular flexibility index (Phi) is 1.99. The van der Waals surface area contributed by atoms with Crippen LogP contribution in [0.2, 0.25) is 11.6 Å². The average molecular weight is 164 g/mol. The van der Waals surface area contributed by atoms with Gasteiger partial charge in [0.15, 0.2) is 0 Å². The maximum Gasteiger partial charge on any atom is 0.0280 e. The first-order chi connectivity index (χ1) is 5.40. The van der Waals surface area contributed by atoms with Crippen molar-refractivity contribution in [1.82, 2.24) is 0 Å². The van der Waals surface area contributed by atoms with Crippen molar-refractivity contribution in [1.29, 1.82) is 0 Å². The lowest BCUT2D eigenvalue weighted by Gasteiger charge is -2.15. The van der Waals surface area contributed by atoms with Crippen molar-refractivity contribution in [2.24, 2.45) is 11.8 Å². The first kappa shape index (κ1) is 7.35. The van der Waals surface area contributed by atoms with Crippen molar-refractivity contribution in [2.75, 3.05) is 0 Å². The third-order valence-electron chi connectivity index (χ3n) is 3.16. The molecule has 0 aromatic rings. The van der Waals surface area contributed by atoms with Crippen molar-refractivity contribution < 1.29 is 0 Å². The smallest absolute Gasteiger partial charge is 0.0280 e. The first-order valence-corrected chi connectivity index (χ1v) is 6.51. The Bertz CT molecular complexity index is 183.